The van der Waals surface area contributed by atoms with Gasteiger partial charge in [-0.05, 0) is 47.4 Å². The molecule has 1 amide bonds. The number of carbonyl (C=O) groups excluding carboxylic acids is 1. The van der Waals surface area contributed by atoms with Crippen LogP contribution in [0.15, 0.2) is 67.0 Å². The summed E-state index contributed by atoms with van der Waals surface area (Å²) in [7, 11) is 0. The van der Waals surface area contributed by atoms with E-state index < -0.39 is 0 Å². The van der Waals surface area contributed by atoms with Gasteiger partial charge in [-0.15, -0.1) is 0 Å². The number of halogens is 1. The van der Waals surface area contributed by atoms with Crippen molar-refractivity contribution in [2.45, 2.75) is 26.4 Å². The third-order valence-electron chi connectivity index (χ3n) is 4.30. The van der Waals surface area contributed by atoms with Crippen molar-refractivity contribution < 1.29 is 4.79 Å². The summed E-state index contributed by atoms with van der Waals surface area (Å²) in [6.45, 7) is 4.87. The Morgan fingerprint density at radius 2 is 1.81 bits per heavy atom. The van der Waals surface area contributed by atoms with Crippen LogP contribution < -0.4 is 5.32 Å². The molecule has 1 aromatic heterocycles. The van der Waals surface area contributed by atoms with Gasteiger partial charge in [-0.2, -0.15) is 5.10 Å². The maximum absolute atomic E-state index is 12.7. The van der Waals surface area contributed by atoms with Crippen LogP contribution in [0.25, 0.3) is 0 Å². The van der Waals surface area contributed by atoms with E-state index in [1.54, 1.807) is 6.20 Å². The molecule has 3 rings (SSSR count). The van der Waals surface area contributed by atoms with E-state index in [1.165, 1.54) is 0 Å². The minimum Gasteiger partial charge on any atom is -0.345 e. The fraction of sp³-hybridized carbons (Fsp3) is 0.238. The van der Waals surface area contributed by atoms with E-state index in [4.69, 9.17) is 11.6 Å². The van der Waals surface area contributed by atoms with Crippen molar-refractivity contribution in [2.24, 2.45) is 5.92 Å². The Hall–Kier alpha value is -2.59. The lowest BCUT2D eigenvalue weighted by Gasteiger charge is -2.23. The fourth-order valence-corrected chi connectivity index (χ4v) is 3.00. The molecule has 5 heteroatoms. The highest BCUT2D eigenvalue weighted by Gasteiger charge is 2.19. The molecule has 0 bridgehead atoms. The van der Waals surface area contributed by atoms with Crippen LogP contribution in [0.2, 0.25) is 5.02 Å². The molecule has 26 heavy (non-hydrogen) atoms. The summed E-state index contributed by atoms with van der Waals surface area (Å²) in [5.41, 5.74) is 2.80. The molecule has 2 aromatic carbocycles. The Bertz CT molecular complexity index is 840. The molecule has 0 radical (unpaired) electrons. The SMILES string of the molecule is CC(C)C(NC(=O)c1ccc(Cn2cccn2)cc1)c1ccc(Cl)cc1. The maximum Gasteiger partial charge on any atom is 0.251 e. The van der Waals surface area contributed by atoms with Gasteiger partial charge in [0.05, 0.1) is 12.6 Å². The third-order valence-corrected chi connectivity index (χ3v) is 4.55. The number of nitrogens with one attached hydrogen (secondary N) is 1. The number of hydrogen-bond donors (Lipinski definition) is 1. The molecule has 134 valence electrons. The summed E-state index contributed by atoms with van der Waals surface area (Å²) >= 11 is 5.97. The molecule has 0 fully saturated rings. The summed E-state index contributed by atoms with van der Waals surface area (Å²) in [6.07, 6.45) is 3.67. The van der Waals surface area contributed by atoms with E-state index in [2.05, 4.69) is 24.3 Å². The molecule has 3 aromatic rings. The van der Waals surface area contributed by atoms with Crippen LogP contribution in [0.4, 0.5) is 0 Å². The molecular weight excluding hydrogens is 346 g/mol. The van der Waals surface area contributed by atoms with E-state index in [1.807, 2.05) is 65.5 Å². The monoisotopic (exact) mass is 367 g/mol. The number of amides is 1. The van der Waals surface area contributed by atoms with E-state index in [0.29, 0.717) is 17.1 Å². The van der Waals surface area contributed by atoms with E-state index in [-0.39, 0.29) is 17.9 Å². The van der Waals surface area contributed by atoms with Crippen LogP contribution in [-0.4, -0.2) is 15.7 Å². The molecule has 4 nitrogen and oxygen atoms in total. The Morgan fingerprint density at radius 3 is 2.38 bits per heavy atom. The van der Waals surface area contributed by atoms with E-state index >= 15 is 0 Å². The van der Waals surface area contributed by atoms with Crippen LogP contribution in [0.1, 0.15) is 41.4 Å². The zero-order valence-corrected chi connectivity index (χ0v) is 15.6. The molecule has 1 unspecified atom stereocenters. The summed E-state index contributed by atoms with van der Waals surface area (Å²) in [4.78, 5) is 12.7. The molecule has 0 aliphatic heterocycles. The van der Waals surface area contributed by atoms with Gasteiger partial charge in [-0.3, -0.25) is 9.48 Å². The molecule has 1 N–H and O–H groups in total. The zero-order chi connectivity index (χ0) is 18.5. The van der Waals surface area contributed by atoms with Crippen molar-refractivity contribution in [2.75, 3.05) is 0 Å². The first-order valence-electron chi connectivity index (χ1n) is 8.65. The van der Waals surface area contributed by atoms with Gasteiger partial charge in [-0.1, -0.05) is 49.7 Å². The Morgan fingerprint density at radius 1 is 1.12 bits per heavy atom. The molecular formula is C21H22ClN3O. The first-order chi connectivity index (χ1) is 12.5. The third kappa shape index (κ3) is 4.52. The summed E-state index contributed by atoms with van der Waals surface area (Å²) in [5, 5.41) is 8.02. The first kappa shape index (κ1) is 18.2. The second kappa shape index (κ2) is 8.19. The van der Waals surface area contributed by atoms with Crippen LogP contribution in [0.3, 0.4) is 0 Å². The molecule has 0 saturated carbocycles. The standard InChI is InChI=1S/C21H22ClN3O/c1-15(2)20(17-8-10-19(22)11-9-17)24-21(26)18-6-4-16(5-7-18)14-25-13-3-12-23-25/h3-13,15,20H,14H2,1-2H3,(H,24,26). The number of nitrogens with zero attached hydrogens (tertiary/aromatic N) is 2. The van der Waals surface area contributed by atoms with E-state index in [9.17, 15) is 4.79 Å². The highest BCUT2D eigenvalue weighted by molar-refractivity contribution is 6.30. The average Bonchev–Trinajstić information content (AvgIpc) is 3.14. The fourth-order valence-electron chi connectivity index (χ4n) is 2.87. The minimum absolute atomic E-state index is 0.0662. The van der Waals surface area contributed by atoms with Crippen molar-refractivity contribution in [3.05, 3.63) is 88.7 Å². The summed E-state index contributed by atoms with van der Waals surface area (Å²) in [5.74, 6) is 0.184. The minimum atomic E-state index is -0.0794. The predicted octanol–water partition coefficient (Wildman–Crippen LogP) is 4.71. The Kier molecular flexibility index (Phi) is 5.74. The number of benzene rings is 2. The normalized spacial score (nSPS) is 12.2. The zero-order valence-electron chi connectivity index (χ0n) is 14.9. The Balaban J connectivity index is 1.70. The molecule has 1 atom stereocenters. The molecule has 1 heterocycles. The van der Waals surface area contributed by atoms with Crippen LogP contribution >= 0.6 is 11.6 Å². The van der Waals surface area contributed by atoms with Gasteiger partial charge in [-0.25, -0.2) is 0 Å². The smallest absolute Gasteiger partial charge is 0.251 e. The van der Waals surface area contributed by atoms with Gasteiger partial charge >= 0.3 is 0 Å². The van der Waals surface area contributed by atoms with Crippen molar-refractivity contribution in [3.8, 4) is 0 Å². The van der Waals surface area contributed by atoms with Crippen molar-refractivity contribution in [1.29, 1.82) is 0 Å². The van der Waals surface area contributed by atoms with Gasteiger partial charge in [0.25, 0.3) is 5.91 Å². The van der Waals surface area contributed by atoms with Crippen molar-refractivity contribution in [1.82, 2.24) is 15.1 Å². The predicted molar refractivity (Wildman–Crippen MR) is 104 cm³/mol. The van der Waals surface area contributed by atoms with E-state index in [0.717, 1.165) is 11.1 Å². The average molecular weight is 368 g/mol. The number of carbonyl (C=O) groups is 1. The highest BCUT2D eigenvalue weighted by Crippen LogP contribution is 2.23. The lowest BCUT2D eigenvalue weighted by Crippen LogP contribution is -2.31. The first-order valence-corrected chi connectivity index (χ1v) is 9.03. The van der Waals surface area contributed by atoms with Crippen LogP contribution in [0.5, 0.6) is 0 Å². The lowest BCUT2D eigenvalue weighted by atomic mass is 9.95. The molecule has 0 spiro atoms. The molecule has 0 aliphatic carbocycles. The van der Waals surface area contributed by atoms with Crippen molar-refractivity contribution >= 4 is 17.5 Å². The largest absolute Gasteiger partial charge is 0.345 e. The number of hydrogen-bond acceptors (Lipinski definition) is 2. The van der Waals surface area contributed by atoms with Gasteiger partial charge < -0.3 is 5.32 Å². The van der Waals surface area contributed by atoms with Gasteiger partial charge in [0, 0.05) is 23.0 Å². The van der Waals surface area contributed by atoms with Crippen molar-refractivity contribution in [3.63, 3.8) is 0 Å². The maximum atomic E-state index is 12.7. The topological polar surface area (TPSA) is 46.9 Å². The number of aromatic nitrogens is 2. The van der Waals surface area contributed by atoms with Gasteiger partial charge in [0.1, 0.15) is 0 Å². The summed E-state index contributed by atoms with van der Waals surface area (Å²) < 4.78 is 1.85. The Labute approximate surface area is 158 Å². The van der Waals surface area contributed by atoms with Gasteiger partial charge in [0.2, 0.25) is 0 Å². The molecule has 0 saturated heterocycles. The quantitative estimate of drug-likeness (QED) is 0.685. The van der Waals surface area contributed by atoms with Gasteiger partial charge in [0.15, 0.2) is 0 Å². The molecule has 0 aliphatic rings. The summed E-state index contributed by atoms with van der Waals surface area (Å²) in [6, 6.07) is 17.1. The van der Waals surface area contributed by atoms with Crippen LogP contribution in [0, 0.1) is 5.92 Å². The number of rotatable bonds is 6. The lowest BCUT2D eigenvalue weighted by molar-refractivity contribution is 0.0925. The second-order valence-corrected chi connectivity index (χ2v) is 7.08. The van der Waals surface area contributed by atoms with Crippen LogP contribution in [-0.2, 0) is 6.54 Å². The highest BCUT2D eigenvalue weighted by atomic mass is 35.5. The second-order valence-electron chi connectivity index (χ2n) is 6.65.